The van der Waals surface area contributed by atoms with Crippen LogP contribution in [0.15, 0.2) is 42.5 Å². The summed E-state index contributed by atoms with van der Waals surface area (Å²) in [5.41, 5.74) is 1.78. The summed E-state index contributed by atoms with van der Waals surface area (Å²) in [5, 5.41) is 4.49. The Bertz CT molecular complexity index is 540. The largest absolute Gasteiger partial charge is 0.312 e. The van der Waals surface area contributed by atoms with E-state index in [1.54, 1.807) is 12.1 Å². The molecule has 0 saturated carbocycles. The summed E-state index contributed by atoms with van der Waals surface area (Å²) >= 11 is 11.6. The number of hydrogen-bond donors (Lipinski definition) is 1. The molecule has 2 aromatic rings. The smallest absolute Gasteiger partial charge is 0.127 e. The van der Waals surface area contributed by atoms with Crippen molar-refractivity contribution >= 4 is 23.2 Å². The first-order chi connectivity index (χ1) is 9.15. The molecule has 100 valence electrons. The average Bonchev–Trinajstić information content (AvgIpc) is 2.40. The van der Waals surface area contributed by atoms with Gasteiger partial charge in [-0.25, -0.2) is 4.39 Å². The molecule has 0 bridgehead atoms. The second-order valence-electron chi connectivity index (χ2n) is 4.29. The molecule has 0 heterocycles. The molecule has 0 aliphatic carbocycles. The van der Waals surface area contributed by atoms with Gasteiger partial charge in [0, 0.05) is 22.2 Å². The van der Waals surface area contributed by atoms with Gasteiger partial charge in [0.1, 0.15) is 5.82 Å². The van der Waals surface area contributed by atoms with E-state index in [-0.39, 0.29) is 5.82 Å². The first kappa shape index (κ1) is 14.3. The molecule has 19 heavy (non-hydrogen) atoms. The minimum absolute atomic E-state index is 0.233. The zero-order chi connectivity index (χ0) is 13.7. The molecule has 4 heteroatoms. The summed E-state index contributed by atoms with van der Waals surface area (Å²) in [6, 6.07) is 12.3. The molecule has 0 radical (unpaired) electrons. The summed E-state index contributed by atoms with van der Waals surface area (Å²) < 4.78 is 13.5. The minimum atomic E-state index is -0.233. The summed E-state index contributed by atoms with van der Waals surface area (Å²) in [6.45, 7) is 1.24. The van der Waals surface area contributed by atoms with Crippen molar-refractivity contribution in [2.24, 2.45) is 0 Å². The second kappa shape index (κ2) is 6.90. The Labute approximate surface area is 122 Å². The van der Waals surface area contributed by atoms with Crippen LogP contribution < -0.4 is 5.32 Å². The fourth-order valence-electron chi connectivity index (χ4n) is 1.79. The highest BCUT2D eigenvalue weighted by molar-refractivity contribution is 6.30. The van der Waals surface area contributed by atoms with E-state index in [0.717, 1.165) is 18.0 Å². The number of halogens is 3. The lowest BCUT2D eigenvalue weighted by Gasteiger charge is -2.07. The van der Waals surface area contributed by atoms with Gasteiger partial charge < -0.3 is 5.32 Å². The van der Waals surface area contributed by atoms with Crippen molar-refractivity contribution in [2.75, 3.05) is 6.54 Å². The van der Waals surface area contributed by atoms with E-state index in [0.29, 0.717) is 17.1 Å². The first-order valence-corrected chi connectivity index (χ1v) is 6.80. The SMILES string of the molecule is Fc1ccc(Cl)cc1CNCCc1ccc(Cl)cc1. The number of hydrogen-bond acceptors (Lipinski definition) is 1. The predicted molar refractivity (Wildman–Crippen MR) is 78.3 cm³/mol. The van der Waals surface area contributed by atoms with Crippen LogP contribution in [0.3, 0.4) is 0 Å². The van der Waals surface area contributed by atoms with E-state index in [4.69, 9.17) is 23.2 Å². The van der Waals surface area contributed by atoms with Crippen LogP contribution >= 0.6 is 23.2 Å². The quantitative estimate of drug-likeness (QED) is 0.803. The van der Waals surface area contributed by atoms with Crippen LogP contribution in [0.4, 0.5) is 4.39 Å². The summed E-state index contributed by atoms with van der Waals surface area (Å²) in [4.78, 5) is 0. The fraction of sp³-hybridized carbons (Fsp3) is 0.200. The Morgan fingerprint density at radius 2 is 1.63 bits per heavy atom. The van der Waals surface area contributed by atoms with E-state index in [9.17, 15) is 4.39 Å². The zero-order valence-electron chi connectivity index (χ0n) is 10.3. The van der Waals surface area contributed by atoms with Crippen LogP contribution in [0.5, 0.6) is 0 Å². The topological polar surface area (TPSA) is 12.0 Å². The van der Waals surface area contributed by atoms with E-state index >= 15 is 0 Å². The normalized spacial score (nSPS) is 10.7. The Morgan fingerprint density at radius 3 is 2.37 bits per heavy atom. The molecule has 0 aliphatic heterocycles. The second-order valence-corrected chi connectivity index (χ2v) is 5.16. The average molecular weight is 298 g/mol. The van der Waals surface area contributed by atoms with Gasteiger partial charge in [0.15, 0.2) is 0 Å². The molecule has 0 saturated heterocycles. The van der Waals surface area contributed by atoms with Crippen LogP contribution in [0.1, 0.15) is 11.1 Å². The molecule has 0 aromatic heterocycles. The van der Waals surface area contributed by atoms with Crippen molar-refractivity contribution in [3.05, 3.63) is 69.5 Å². The number of rotatable bonds is 5. The molecular formula is C15H14Cl2FN. The summed E-state index contributed by atoms with van der Waals surface area (Å²) in [5.74, 6) is -0.233. The van der Waals surface area contributed by atoms with Crippen molar-refractivity contribution in [2.45, 2.75) is 13.0 Å². The third-order valence-electron chi connectivity index (χ3n) is 2.83. The molecule has 0 aliphatic rings. The summed E-state index contributed by atoms with van der Waals surface area (Å²) in [6.07, 6.45) is 0.874. The van der Waals surface area contributed by atoms with E-state index in [1.165, 1.54) is 11.6 Å². The standard InChI is InChI=1S/C15H14Cl2FN/c16-13-3-1-11(2-4-13)7-8-19-10-12-9-14(17)5-6-15(12)18/h1-6,9,19H,7-8,10H2. The molecule has 0 spiro atoms. The van der Waals surface area contributed by atoms with Crippen molar-refractivity contribution in [3.63, 3.8) is 0 Å². The molecule has 0 atom stereocenters. The molecular weight excluding hydrogens is 284 g/mol. The first-order valence-electron chi connectivity index (χ1n) is 6.04. The lowest BCUT2D eigenvalue weighted by Crippen LogP contribution is -2.17. The lowest BCUT2D eigenvalue weighted by atomic mass is 10.1. The van der Waals surface area contributed by atoms with Crippen molar-refractivity contribution in [1.82, 2.24) is 5.32 Å². The van der Waals surface area contributed by atoms with Gasteiger partial charge in [-0.15, -0.1) is 0 Å². The van der Waals surface area contributed by atoms with Crippen LogP contribution in [0, 0.1) is 5.82 Å². The van der Waals surface area contributed by atoms with Crippen molar-refractivity contribution in [1.29, 1.82) is 0 Å². The maximum atomic E-state index is 13.5. The third-order valence-corrected chi connectivity index (χ3v) is 3.31. The van der Waals surface area contributed by atoms with Gasteiger partial charge in [-0.05, 0) is 48.9 Å². The zero-order valence-corrected chi connectivity index (χ0v) is 11.8. The molecule has 1 nitrogen and oxygen atoms in total. The van der Waals surface area contributed by atoms with Crippen LogP contribution in [0.25, 0.3) is 0 Å². The monoisotopic (exact) mass is 297 g/mol. The number of nitrogens with one attached hydrogen (secondary N) is 1. The third kappa shape index (κ3) is 4.50. The molecule has 0 fully saturated rings. The molecule has 2 rings (SSSR count). The van der Waals surface area contributed by atoms with Gasteiger partial charge in [0.25, 0.3) is 0 Å². The lowest BCUT2D eigenvalue weighted by molar-refractivity contribution is 0.588. The van der Waals surface area contributed by atoms with E-state index in [2.05, 4.69) is 5.32 Å². The Hall–Kier alpha value is -1.09. The molecule has 2 aromatic carbocycles. The molecule has 0 amide bonds. The van der Waals surface area contributed by atoms with Gasteiger partial charge >= 0.3 is 0 Å². The van der Waals surface area contributed by atoms with Crippen LogP contribution in [-0.4, -0.2) is 6.54 Å². The Morgan fingerprint density at radius 1 is 0.947 bits per heavy atom. The van der Waals surface area contributed by atoms with Gasteiger partial charge in [-0.3, -0.25) is 0 Å². The number of benzene rings is 2. The predicted octanol–water partition coefficient (Wildman–Crippen LogP) is 4.46. The Balaban J connectivity index is 1.80. The maximum Gasteiger partial charge on any atom is 0.127 e. The molecule has 1 N–H and O–H groups in total. The van der Waals surface area contributed by atoms with Crippen LogP contribution in [0.2, 0.25) is 10.0 Å². The van der Waals surface area contributed by atoms with Gasteiger partial charge in [-0.2, -0.15) is 0 Å². The van der Waals surface area contributed by atoms with Crippen molar-refractivity contribution < 1.29 is 4.39 Å². The highest BCUT2D eigenvalue weighted by atomic mass is 35.5. The van der Waals surface area contributed by atoms with Gasteiger partial charge in [-0.1, -0.05) is 35.3 Å². The van der Waals surface area contributed by atoms with Gasteiger partial charge in [0.2, 0.25) is 0 Å². The Kier molecular flexibility index (Phi) is 5.20. The molecule has 0 unspecified atom stereocenters. The van der Waals surface area contributed by atoms with Gasteiger partial charge in [0.05, 0.1) is 0 Å². The summed E-state index contributed by atoms with van der Waals surface area (Å²) in [7, 11) is 0. The maximum absolute atomic E-state index is 13.5. The van der Waals surface area contributed by atoms with Crippen molar-refractivity contribution in [3.8, 4) is 0 Å². The van der Waals surface area contributed by atoms with Crippen LogP contribution in [-0.2, 0) is 13.0 Å². The highest BCUT2D eigenvalue weighted by Gasteiger charge is 2.02. The minimum Gasteiger partial charge on any atom is -0.312 e. The highest BCUT2D eigenvalue weighted by Crippen LogP contribution is 2.14. The fourth-order valence-corrected chi connectivity index (χ4v) is 2.11. The van der Waals surface area contributed by atoms with E-state index < -0.39 is 0 Å². The van der Waals surface area contributed by atoms with E-state index in [1.807, 2.05) is 24.3 Å².